The lowest BCUT2D eigenvalue weighted by molar-refractivity contribution is 0.406. The van der Waals surface area contributed by atoms with Crippen LogP contribution < -0.4 is 10.1 Å². The number of benzene rings is 1. The van der Waals surface area contributed by atoms with E-state index in [0.717, 1.165) is 23.6 Å². The number of methoxy groups -OCH3 is 1. The van der Waals surface area contributed by atoms with Gasteiger partial charge in [-0.1, -0.05) is 12.1 Å². The zero-order valence-corrected chi connectivity index (χ0v) is 9.95. The summed E-state index contributed by atoms with van der Waals surface area (Å²) in [5.41, 5.74) is 3.19. The van der Waals surface area contributed by atoms with Crippen molar-refractivity contribution >= 4 is 0 Å². The predicted molar refractivity (Wildman–Crippen MR) is 65.9 cm³/mol. The largest absolute Gasteiger partial charge is 0.496 e. The second kappa shape index (κ2) is 3.60. The third-order valence-corrected chi connectivity index (χ3v) is 3.30. The maximum absolute atomic E-state index is 5.57. The zero-order chi connectivity index (χ0) is 11.9. The first kappa shape index (κ1) is 10.4. The number of nitrogens with zero attached hydrogens (tertiary/aromatic N) is 1. The summed E-state index contributed by atoms with van der Waals surface area (Å²) in [5, 5.41) is 10.4. The fourth-order valence-electron chi connectivity index (χ4n) is 2.13. The molecule has 0 saturated carbocycles. The van der Waals surface area contributed by atoms with E-state index in [-0.39, 0.29) is 5.54 Å². The molecule has 3 rings (SSSR count). The highest BCUT2D eigenvalue weighted by Gasteiger charge is 2.41. The van der Waals surface area contributed by atoms with Crippen LogP contribution >= 0.6 is 0 Å². The molecule has 1 aromatic heterocycles. The second-order valence-corrected chi connectivity index (χ2v) is 4.53. The Kier molecular flexibility index (Phi) is 2.19. The highest BCUT2D eigenvalue weighted by molar-refractivity contribution is 5.70. The number of H-pyrrole nitrogens is 1. The molecule has 0 aliphatic carbocycles. The van der Waals surface area contributed by atoms with Crippen LogP contribution in [0.3, 0.4) is 0 Å². The molecule has 4 heteroatoms. The fourth-order valence-corrected chi connectivity index (χ4v) is 2.13. The molecule has 2 aromatic rings. The van der Waals surface area contributed by atoms with E-state index in [9.17, 15) is 0 Å². The molecule has 1 aromatic carbocycles. The summed E-state index contributed by atoms with van der Waals surface area (Å²) in [6, 6.07) is 8.14. The molecule has 1 aliphatic rings. The van der Waals surface area contributed by atoms with Gasteiger partial charge in [-0.3, -0.25) is 5.10 Å². The van der Waals surface area contributed by atoms with Crippen molar-refractivity contribution in [2.75, 3.05) is 13.7 Å². The summed E-state index contributed by atoms with van der Waals surface area (Å²) in [6.07, 6.45) is 1.82. The minimum Gasteiger partial charge on any atom is -0.496 e. The van der Waals surface area contributed by atoms with Crippen molar-refractivity contribution in [3.8, 4) is 17.0 Å². The molecular formula is C13H15N3O. The molecule has 1 saturated heterocycles. The van der Waals surface area contributed by atoms with Gasteiger partial charge in [-0.25, -0.2) is 0 Å². The Balaban J connectivity index is 2.16. The molecule has 2 N–H and O–H groups in total. The van der Waals surface area contributed by atoms with Gasteiger partial charge in [0.1, 0.15) is 5.75 Å². The zero-order valence-electron chi connectivity index (χ0n) is 9.95. The number of hydrogen-bond donors (Lipinski definition) is 2. The van der Waals surface area contributed by atoms with Gasteiger partial charge in [0.2, 0.25) is 0 Å². The van der Waals surface area contributed by atoms with Crippen molar-refractivity contribution in [3.05, 3.63) is 36.0 Å². The Morgan fingerprint density at radius 3 is 2.76 bits per heavy atom. The summed E-state index contributed by atoms with van der Waals surface area (Å²) in [4.78, 5) is 0. The number of hydrogen-bond acceptors (Lipinski definition) is 3. The summed E-state index contributed by atoms with van der Waals surface area (Å²) >= 11 is 0. The lowest BCUT2D eigenvalue weighted by Gasteiger charge is -2.15. The van der Waals surface area contributed by atoms with Gasteiger partial charge in [-0.05, 0) is 19.1 Å². The second-order valence-electron chi connectivity index (χ2n) is 4.53. The van der Waals surface area contributed by atoms with Gasteiger partial charge < -0.3 is 10.1 Å². The molecule has 4 nitrogen and oxygen atoms in total. The highest BCUT2D eigenvalue weighted by atomic mass is 16.5. The highest BCUT2D eigenvalue weighted by Crippen LogP contribution is 2.41. The summed E-state index contributed by atoms with van der Waals surface area (Å²) in [7, 11) is 1.71. The SMILES string of the molecule is COc1c(-c2cc[nH]n2)cccc1C1(C)CN1. The number of ether oxygens (including phenoxy) is 1. The number of aromatic amines is 1. The molecular weight excluding hydrogens is 214 g/mol. The maximum Gasteiger partial charge on any atom is 0.133 e. The monoisotopic (exact) mass is 229 g/mol. The van der Waals surface area contributed by atoms with E-state index in [2.05, 4.69) is 28.5 Å². The molecule has 2 heterocycles. The minimum absolute atomic E-state index is 0.0532. The molecule has 0 amide bonds. The number of aromatic nitrogens is 2. The standard InChI is InChI=1S/C13H15N3O/c1-13(8-14-13)10-5-3-4-9(12(10)17-2)11-6-7-15-16-11/h3-7,14H,8H2,1-2H3,(H,15,16). The predicted octanol–water partition coefficient (Wildman–Crippen LogP) is 1.90. The molecule has 0 spiro atoms. The van der Waals surface area contributed by atoms with E-state index in [4.69, 9.17) is 4.74 Å². The van der Waals surface area contributed by atoms with E-state index >= 15 is 0 Å². The van der Waals surface area contributed by atoms with Crippen LogP contribution in [0.4, 0.5) is 0 Å². The minimum atomic E-state index is 0.0532. The molecule has 1 aliphatic heterocycles. The van der Waals surface area contributed by atoms with E-state index in [0.29, 0.717) is 0 Å². The normalized spacial score (nSPS) is 22.5. The van der Waals surface area contributed by atoms with Crippen LogP contribution in [-0.4, -0.2) is 23.9 Å². The Morgan fingerprint density at radius 1 is 1.35 bits per heavy atom. The van der Waals surface area contributed by atoms with Crippen LogP contribution in [0.25, 0.3) is 11.3 Å². The molecule has 1 atom stereocenters. The van der Waals surface area contributed by atoms with E-state index in [1.165, 1.54) is 5.56 Å². The van der Waals surface area contributed by atoms with Crippen LogP contribution in [-0.2, 0) is 5.54 Å². The first-order valence-corrected chi connectivity index (χ1v) is 5.67. The van der Waals surface area contributed by atoms with Crippen LogP contribution in [0.2, 0.25) is 0 Å². The number of para-hydroxylation sites is 1. The van der Waals surface area contributed by atoms with Crippen molar-refractivity contribution in [1.82, 2.24) is 15.5 Å². The van der Waals surface area contributed by atoms with Gasteiger partial charge in [-0.2, -0.15) is 5.10 Å². The van der Waals surface area contributed by atoms with E-state index in [1.807, 2.05) is 24.4 Å². The first-order valence-electron chi connectivity index (χ1n) is 5.67. The van der Waals surface area contributed by atoms with Crippen molar-refractivity contribution in [2.24, 2.45) is 0 Å². The fraction of sp³-hybridized carbons (Fsp3) is 0.308. The maximum atomic E-state index is 5.57. The molecule has 1 fully saturated rings. The lowest BCUT2D eigenvalue weighted by Crippen LogP contribution is -2.09. The van der Waals surface area contributed by atoms with Crippen LogP contribution in [0, 0.1) is 0 Å². The molecule has 88 valence electrons. The van der Waals surface area contributed by atoms with Gasteiger partial charge in [0.15, 0.2) is 0 Å². The first-order chi connectivity index (χ1) is 8.24. The van der Waals surface area contributed by atoms with Crippen molar-refractivity contribution < 1.29 is 4.74 Å². The lowest BCUT2D eigenvalue weighted by atomic mass is 9.96. The summed E-state index contributed by atoms with van der Waals surface area (Å²) in [5.74, 6) is 0.909. The smallest absolute Gasteiger partial charge is 0.133 e. The number of nitrogens with one attached hydrogen (secondary N) is 2. The Bertz CT molecular complexity index is 530. The van der Waals surface area contributed by atoms with Gasteiger partial charge in [-0.15, -0.1) is 0 Å². The van der Waals surface area contributed by atoms with Crippen molar-refractivity contribution in [1.29, 1.82) is 0 Å². The quantitative estimate of drug-likeness (QED) is 0.790. The average molecular weight is 229 g/mol. The topological polar surface area (TPSA) is 59.8 Å². The van der Waals surface area contributed by atoms with E-state index in [1.54, 1.807) is 7.11 Å². The molecule has 17 heavy (non-hydrogen) atoms. The molecule has 0 bridgehead atoms. The van der Waals surface area contributed by atoms with Gasteiger partial charge in [0, 0.05) is 23.9 Å². The van der Waals surface area contributed by atoms with Crippen molar-refractivity contribution in [3.63, 3.8) is 0 Å². The van der Waals surface area contributed by atoms with Gasteiger partial charge in [0.05, 0.1) is 18.3 Å². The molecule has 1 unspecified atom stereocenters. The Morgan fingerprint density at radius 2 is 2.18 bits per heavy atom. The number of rotatable bonds is 3. The van der Waals surface area contributed by atoms with E-state index < -0.39 is 0 Å². The third kappa shape index (κ3) is 1.61. The van der Waals surface area contributed by atoms with Crippen LogP contribution in [0.15, 0.2) is 30.5 Å². The Hall–Kier alpha value is -1.81. The molecule has 0 radical (unpaired) electrons. The summed E-state index contributed by atoms with van der Waals surface area (Å²) in [6.45, 7) is 3.17. The van der Waals surface area contributed by atoms with Gasteiger partial charge >= 0.3 is 0 Å². The Labute approximate surface area is 100 Å². The van der Waals surface area contributed by atoms with Crippen LogP contribution in [0.5, 0.6) is 5.75 Å². The van der Waals surface area contributed by atoms with Crippen molar-refractivity contribution in [2.45, 2.75) is 12.5 Å². The van der Waals surface area contributed by atoms with Crippen LogP contribution in [0.1, 0.15) is 12.5 Å². The average Bonchev–Trinajstić information content (AvgIpc) is 2.91. The summed E-state index contributed by atoms with van der Waals surface area (Å²) < 4.78 is 5.57. The van der Waals surface area contributed by atoms with Gasteiger partial charge in [0.25, 0.3) is 0 Å². The third-order valence-electron chi connectivity index (χ3n) is 3.30.